The molecule has 0 bridgehead atoms. The fraction of sp³-hybridized carbons (Fsp3) is 0.400. The normalized spacial score (nSPS) is 16.2. The molecule has 0 saturated heterocycles. The summed E-state index contributed by atoms with van der Waals surface area (Å²) in [6.07, 6.45) is 10.9. The van der Waals surface area contributed by atoms with E-state index in [1.54, 1.807) is 0 Å². The van der Waals surface area contributed by atoms with Crippen molar-refractivity contribution < 1.29 is 0 Å². The van der Waals surface area contributed by atoms with Gasteiger partial charge in [0.15, 0.2) is 0 Å². The van der Waals surface area contributed by atoms with Crippen LogP contribution in [0.4, 0.5) is 11.4 Å². The van der Waals surface area contributed by atoms with Crippen molar-refractivity contribution in [1.29, 1.82) is 0 Å². The van der Waals surface area contributed by atoms with E-state index in [1.807, 2.05) is 0 Å². The van der Waals surface area contributed by atoms with Crippen LogP contribution < -0.4 is 11.5 Å². The Morgan fingerprint density at radius 3 is 1.33 bits per heavy atom. The van der Waals surface area contributed by atoms with E-state index in [0.717, 1.165) is 37.1 Å². The molecule has 4 aromatic rings. The highest BCUT2D eigenvalue weighted by Crippen LogP contribution is 2.46. The smallest absolute Gasteiger partial charge is 0.0316 e. The van der Waals surface area contributed by atoms with Gasteiger partial charge in [-0.1, -0.05) is 107 Å². The number of hydrogen-bond acceptors (Lipinski definition) is 2. The molecule has 5 rings (SSSR count). The summed E-state index contributed by atoms with van der Waals surface area (Å²) in [5.41, 5.74) is 25.1. The van der Waals surface area contributed by atoms with Crippen molar-refractivity contribution >= 4 is 11.4 Å². The van der Waals surface area contributed by atoms with E-state index in [9.17, 15) is 0 Å². The van der Waals surface area contributed by atoms with E-state index in [1.165, 1.54) is 76.6 Å². The van der Waals surface area contributed by atoms with Crippen LogP contribution in [0.1, 0.15) is 128 Å². The van der Waals surface area contributed by atoms with Crippen molar-refractivity contribution in [2.45, 2.75) is 103 Å². The van der Waals surface area contributed by atoms with Gasteiger partial charge in [0.05, 0.1) is 0 Å². The van der Waals surface area contributed by atoms with Gasteiger partial charge in [0.25, 0.3) is 0 Å². The SMILES string of the molecule is CCCC(c1ccc(C2(c3ccc(C(CCC)c4ccc(N)cc4C)cc3)CCCCC2)cc1)c1ccc(N)cc1C. The molecule has 0 amide bonds. The van der Waals surface area contributed by atoms with Gasteiger partial charge in [-0.2, -0.15) is 0 Å². The van der Waals surface area contributed by atoms with Crippen molar-refractivity contribution in [3.63, 3.8) is 0 Å². The zero-order chi connectivity index (χ0) is 29.7. The third-order valence-electron chi connectivity index (χ3n) is 9.93. The molecule has 0 spiro atoms. The molecule has 0 aromatic heterocycles. The van der Waals surface area contributed by atoms with Crippen LogP contribution >= 0.6 is 0 Å². The first kappa shape index (κ1) is 30.0. The molecule has 1 aliphatic rings. The Morgan fingerprint density at radius 1 is 0.571 bits per heavy atom. The fourth-order valence-electron chi connectivity index (χ4n) is 7.73. The topological polar surface area (TPSA) is 52.0 Å². The van der Waals surface area contributed by atoms with Gasteiger partial charge in [0.2, 0.25) is 0 Å². The monoisotopic (exact) mass is 558 g/mol. The molecule has 2 unspecified atom stereocenters. The Morgan fingerprint density at radius 2 is 0.976 bits per heavy atom. The van der Waals surface area contributed by atoms with Crippen LogP contribution in [0.5, 0.6) is 0 Å². The van der Waals surface area contributed by atoms with Gasteiger partial charge in [-0.25, -0.2) is 0 Å². The summed E-state index contributed by atoms with van der Waals surface area (Å²) in [5.74, 6) is 0.803. The van der Waals surface area contributed by atoms with Gasteiger partial charge in [0.1, 0.15) is 0 Å². The number of benzene rings is 4. The molecule has 2 heteroatoms. The standard InChI is InChI=1S/C40H50N2/c1-5-10-38(36-22-20-34(41)26-28(36)3)30-12-16-32(17-13-30)40(24-8-7-9-25-40)33-18-14-31(15-19-33)39(11-6-2)37-23-21-35(42)27-29(37)4/h12-23,26-27,38-39H,5-11,24-25,41-42H2,1-4H3. The van der Waals surface area contributed by atoms with E-state index in [0.29, 0.717) is 11.8 Å². The summed E-state index contributed by atoms with van der Waals surface area (Å²) in [6.45, 7) is 8.97. The van der Waals surface area contributed by atoms with Gasteiger partial charge in [0, 0.05) is 28.6 Å². The third-order valence-corrected chi connectivity index (χ3v) is 9.93. The first-order valence-electron chi connectivity index (χ1n) is 16.3. The van der Waals surface area contributed by atoms with Gasteiger partial charge in [-0.3, -0.25) is 0 Å². The van der Waals surface area contributed by atoms with Crippen LogP contribution in [0.15, 0.2) is 84.9 Å². The van der Waals surface area contributed by atoms with E-state index in [2.05, 4.69) is 113 Å². The van der Waals surface area contributed by atoms with Gasteiger partial charge in [-0.15, -0.1) is 0 Å². The van der Waals surface area contributed by atoms with Crippen LogP contribution in [0.2, 0.25) is 0 Å². The molecule has 1 saturated carbocycles. The second-order valence-electron chi connectivity index (χ2n) is 12.8. The molecule has 0 aliphatic heterocycles. The molecule has 2 nitrogen and oxygen atoms in total. The summed E-state index contributed by atoms with van der Waals surface area (Å²) in [4.78, 5) is 0. The summed E-state index contributed by atoms with van der Waals surface area (Å²) < 4.78 is 0. The van der Waals surface area contributed by atoms with E-state index in [-0.39, 0.29) is 5.41 Å². The Bertz CT molecular complexity index is 1350. The Hall–Kier alpha value is -3.52. The highest BCUT2D eigenvalue weighted by atomic mass is 14.5. The minimum atomic E-state index is 0.0873. The second kappa shape index (κ2) is 13.2. The first-order valence-corrected chi connectivity index (χ1v) is 16.3. The highest BCUT2D eigenvalue weighted by Gasteiger charge is 2.36. The lowest BCUT2D eigenvalue weighted by Crippen LogP contribution is -2.30. The van der Waals surface area contributed by atoms with Crippen molar-refractivity contribution in [2.24, 2.45) is 0 Å². The van der Waals surface area contributed by atoms with E-state index in [4.69, 9.17) is 11.5 Å². The molecule has 0 radical (unpaired) electrons. The molecule has 1 aliphatic carbocycles. The molecule has 42 heavy (non-hydrogen) atoms. The predicted octanol–water partition coefficient (Wildman–Crippen LogP) is 10.6. The molecule has 4 aromatic carbocycles. The maximum atomic E-state index is 6.09. The van der Waals surface area contributed by atoms with Gasteiger partial charge >= 0.3 is 0 Å². The lowest BCUT2D eigenvalue weighted by molar-refractivity contribution is 0.346. The molecular weight excluding hydrogens is 508 g/mol. The number of nitrogens with two attached hydrogens (primary N) is 2. The zero-order valence-electron chi connectivity index (χ0n) is 26.3. The van der Waals surface area contributed by atoms with Crippen LogP contribution in [-0.2, 0) is 5.41 Å². The average molecular weight is 559 g/mol. The molecule has 2 atom stereocenters. The molecular formula is C40H50N2. The summed E-state index contributed by atoms with van der Waals surface area (Å²) in [7, 11) is 0. The minimum Gasteiger partial charge on any atom is -0.399 e. The number of anilines is 2. The Labute approximate surface area is 254 Å². The molecule has 4 N–H and O–H groups in total. The van der Waals surface area contributed by atoms with Crippen molar-refractivity contribution in [1.82, 2.24) is 0 Å². The maximum absolute atomic E-state index is 6.09. The maximum Gasteiger partial charge on any atom is 0.0316 e. The van der Waals surface area contributed by atoms with Crippen molar-refractivity contribution in [3.8, 4) is 0 Å². The lowest BCUT2D eigenvalue weighted by Gasteiger charge is -2.39. The quantitative estimate of drug-likeness (QED) is 0.190. The minimum absolute atomic E-state index is 0.0873. The van der Waals surface area contributed by atoms with Crippen molar-refractivity contribution in [3.05, 3.63) is 129 Å². The summed E-state index contributed by atoms with van der Waals surface area (Å²) in [5, 5.41) is 0. The van der Waals surface area contributed by atoms with Crippen LogP contribution in [0, 0.1) is 13.8 Å². The molecule has 1 fully saturated rings. The number of rotatable bonds is 10. The number of aryl methyl sites for hydroxylation is 2. The average Bonchev–Trinajstić information content (AvgIpc) is 3.00. The van der Waals surface area contributed by atoms with Crippen LogP contribution in [0.3, 0.4) is 0 Å². The zero-order valence-corrected chi connectivity index (χ0v) is 26.3. The van der Waals surface area contributed by atoms with Gasteiger partial charge in [-0.05, 0) is 108 Å². The number of nitrogen functional groups attached to an aromatic ring is 2. The van der Waals surface area contributed by atoms with Crippen LogP contribution in [-0.4, -0.2) is 0 Å². The lowest BCUT2D eigenvalue weighted by atomic mass is 9.65. The Balaban J connectivity index is 1.48. The summed E-state index contributed by atoms with van der Waals surface area (Å²) in [6, 6.07) is 32.3. The largest absolute Gasteiger partial charge is 0.399 e. The Kier molecular flexibility index (Phi) is 9.41. The van der Waals surface area contributed by atoms with E-state index < -0.39 is 0 Å². The second-order valence-corrected chi connectivity index (χ2v) is 12.8. The van der Waals surface area contributed by atoms with Gasteiger partial charge < -0.3 is 11.5 Å². The molecule has 0 heterocycles. The summed E-state index contributed by atoms with van der Waals surface area (Å²) >= 11 is 0. The molecule has 220 valence electrons. The van der Waals surface area contributed by atoms with E-state index >= 15 is 0 Å². The van der Waals surface area contributed by atoms with Crippen LogP contribution in [0.25, 0.3) is 0 Å². The first-order chi connectivity index (χ1) is 20.4. The number of hydrogen-bond donors (Lipinski definition) is 2. The highest BCUT2D eigenvalue weighted by molar-refractivity contribution is 5.50. The third kappa shape index (κ3) is 6.14. The van der Waals surface area contributed by atoms with Crippen molar-refractivity contribution in [2.75, 3.05) is 11.5 Å². The predicted molar refractivity (Wildman–Crippen MR) is 181 cm³/mol. The fourth-order valence-corrected chi connectivity index (χ4v) is 7.73.